The zero-order chi connectivity index (χ0) is 18.6. The Morgan fingerprint density at radius 2 is 1.54 bits per heavy atom. The smallest absolute Gasteiger partial charge is 0.161 e. The lowest BCUT2D eigenvalue weighted by Crippen LogP contribution is -2.45. The number of hydrogen-bond acceptors (Lipinski definition) is 4. The maximum atomic E-state index is 5.96. The van der Waals surface area contributed by atoms with Crippen LogP contribution in [0.15, 0.2) is 18.2 Å². The molecule has 0 amide bonds. The van der Waals surface area contributed by atoms with Gasteiger partial charge in [0.25, 0.3) is 0 Å². The van der Waals surface area contributed by atoms with E-state index in [1.54, 1.807) is 7.11 Å². The molecule has 1 heterocycles. The first-order valence-corrected chi connectivity index (χ1v) is 10.5. The molecule has 0 unspecified atom stereocenters. The molecule has 1 fully saturated rings. The number of benzene rings is 1. The predicted octanol–water partition coefficient (Wildman–Crippen LogP) is 4.57. The summed E-state index contributed by atoms with van der Waals surface area (Å²) < 4.78 is 11.5. The third-order valence-electron chi connectivity index (χ3n) is 5.30. The highest BCUT2D eigenvalue weighted by Gasteiger charge is 2.16. The molecule has 4 nitrogen and oxygen atoms in total. The van der Waals surface area contributed by atoms with Gasteiger partial charge in [-0.15, -0.1) is 0 Å². The largest absolute Gasteiger partial charge is 0.493 e. The fourth-order valence-corrected chi connectivity index (χ4v) is 3.52. The Labute approximate surface area is 160 Å². The molecule has 148 valence electrons. The van der Waals surface area contributed by atoms with Crippen molar-refractivity contribution in [3.63, 3.8) is 0 Å². The maximum Gasteiger partial charge on any atom is 0.161 e. The molecule has 4 heteroatoms. The number of likely N-dealkylation sites (N-methyl/N-ethyl adjacent to an activating group) is 1. The third kappa shape index (κ3) is 7.16. The molecular formula is C22H38N2O2. The van der Waals surface area contributed by atoms with Gasteiger partial charge in [-0.05, 0) is 30.7 Å². The van der Waals surface area contributed by atoms with Crippen LogP contribution >= 0.6 is 0 Å². The van der Waals surface area contributed by atoms with Crippen LogP contribution in [0.4, 0.5) is 0 Å². The first-order valence-electron chi connectivity index (χ1n) is 10.5. The quantitative estimate of drug-likeness (QED) is 0.509. The van der Waals surface area contributed by atoms with Gasteiger partial charge in [-0.3, -0.25) is 4.90 Å². The molecule has 2 rings (SSSR count). The van der Waals surface area contributed by atoms with Crippen molar-refractivity contribution in [3.8, 4) is 11.5 Å². The summed E-state index contributed by atoms with van der Waals surface area (Å²) in [7, 11) is 1.73. The molecule has 0 aliphatic carbocycles. The van der Waals surface area contributed by atoms with Crippen molar-refractivity contribution in [1.29, 1.82) is 0 Å². The summed E-state index contributed by atoms with van der Waals surface area (Å²) in [5.74, 6) is 1.74. The van der Waals surface area contributed by atoms with Crippen LogP contribution in [0, 0.1) is 0 Å². The summed E-state index contributed by atoms with van der Waals surface area (Å²) in [6.45, 7) is 12.1. The van der Waals surface area contributed by atoms with Crippen LogP contribution < -0.4 is 9.47 Å². The second-order valence-electron chi connectivity index (χ2n) is 7.31. The monoisotopic (exact) mass is 362 g/mol. The van der Waals surface area contributed by atoms with E-state index in [-0.39, 0.29) is 0 Å². The second-order valence-corrected chi connectivity index (χ2v) is 7.31. The highest BCUT2D eigenvalue weighted by atomic mass is 16.5. The summed E-state index contributed by atoms with van der Waals surface area (Å²) in [5.41, 5.74) is 1.30. The van der Waals surface area contributed by atoms with Gasteiger partial charge in [0, 0.05) is 32.7 Å². The zero-order valence-corrected chi connectivity index (χ0v) is 17.1. The standard InChI is InChI=1S/C22H38N2O2/c1-4-6-7-8-9-10-17-26-21-12-11-20(18-22(21)25-3)19-24-15-13-23(5-2)14-16-24/h11-12,18H,4-10,13-17,19H2,1-3H3. The molecule has 1 aromatic carbocycles. The van der Waals surface area contributed by atoms with E-state index in [4.69, 9.17) is 9.47 Å². The SMILES string of the molecule is CCCCCCCCOc1ccc(CN2CCN(CC)CC2)cc1OC. The number of unbranched alkanes of at least 4 members (excludes halogenated alkanes) is 5. The number of nitrogens with zero attached hydrogens (tertiary/aromatic N) is 2. The van der Waals surface area contributed by atoms with Crippen molar-refractivity contribution in [3.05, 3.63) is 23.8 Å². The van der Waals surface area contributed by atoms with Gasteiger partial charge in [0.05, 0.1) is 13.7 Å². The Bertz CT molecular complexity index is 499. The van der Waals surface area contributed by atoms with Crippen LogP contribution in [0.1, 0.15) is 57.9 Å². The number of rotatable bonds is 12. The first-order chi connectivity index (χ1) is 12.8. The van der Waals surface area contributed by atoms with Crippen molar-refractivity contribution in [2.75, 3.05) is 46.4 Å². The minimum Gasteiger partial charge on any atom is -0.493 e. The molecule has 0 N–H and O–H groups in total. The van der Waals surface area contributed by atoms with Crippen molar-refractivity contribution in [2.45, 2.75) is 58.9 Å². The molecule has 0 radical (unpaired) electrons. The molecule has 0 aromatic heterocycles. The minimum absolute atomic E-state index is 0.779. The Morgan fingerprint density at radius 3 is 2.23 bits per heavy atom. The lowest BCUT2D eigenvalue weighted by Gasteiger charge is -2.34. The summed E-state index contributed by atoms with van der Waals surface area (Å²) >= 11 is 0. The van der Waals surface area contributed by atoms with E-state index in [9.17, 15) is 0 Å². The van der Waals surface area contributed by atoms with Crippen LogP contribution in [0.25, 0.3) is 0 Å². The van der Waals surface area contributed by atoms with Crippen LogP contribution in [0.5, 0.6) is 11.5 Å². The fourth-order valence-electron chi connectivity index (χ4n) is 3.52. The van der Waals surface area contributed by atoms with Crippen molar-refractivity contribution in [1.82, 2.24) is 9.80 Å². The Balaban J connectivity index is 1.76. The highest BCUT2D eigenvalue weighted by molar-refractivity contribution is 5.43. The minimum atomic E-state index is 0.779. The van der Waals surface area contributed by atoms with Gasteiger partial charge in [0.1, 0.15) is 0 Å². The Hall–Kier alpha value is -1.26. The molecule has 1 aromatic rings. The first kappa shape index (κ1) is 21.0. The van der Waals surface area contributed by atoms with E-state index in [2.05, 4.69) is 41.8 Å². The van der Waals surface area contributed by atoms with Gasteiger partial charge in [-0.25, -0.2) is 0 Å². The number of hydrogen-bond donors (Lipinski definition) is 0. The van der Waals surface area contributed by atoms with Crippen molar-refractivity contribution in [2.24, 2.45) is 0 Å². The Morgan fingerprint density at radius 1 is 0.846 bits per heavy atom. The molecule has 0 spiro atoms. The summed E-state index contributed by atoms with van der Waals surface area (Å²) in [5, 5.41) is 0. The average molecular weight is 363 g/mol. The maximum absolute atomic E-state index is 5.96. The summed E-state index contributed by atoms with van der Waals surface area (Å²) in [6.07, 6.45) is 7.69. The molecule has 1 saturated heterocycles. The molecule has 0 saturated carbocycles. The topological polar surface area (TPSA) is 24.9 Å². The molecular weight excluding hydrogens is 324 g/mol. The van der Waals surface area contributed by atoms with Crippen LogP contribution in [-0.4, -0.2) is 56.2 Å². The van der Waals surface area contributed by atoms with Gasteiger partial charge < -0.3 is 14.4 Å². The molecule has 26 heavy (non-hydrogen) atoms. The van der Waals surface area contributed by atoms with Gasteiger partial charge in [-0.2, -0.15) is 0 Å². The van der Waals surface area contributed by atoms with E-state index in [0.717, 1.165) is 50.7 Å². The van der Waals surface area contributed by atoms with E-state index in [1.165, 1.54) is 50.8 Å². The van der Waals surface area contributed by atoms with Crippen LogP contribution in [0.2, 0.25) is 0 Å². The van der Waals surface area contributed by atoms with Gasteiger partial charge >= 0.3 is 0 Å². The molecule has 0 bridgehead atoms. The second kappa shape index (κ2) is 12.2. The van der Waals surface area contributed by atoms with Gasteiger partial charge in [0.15, 0.2) is 11.5 Å². The van der Waals surface area contributed by atoms with Crippen molar-refractivity contribution >= 4 is 0 Å². The number of piperazine rings is 1. The predicted molar refractivity (Wildman–Crippen MR) is 109 cm³/mol. The molecule has 1 aliphatic rings. The average Bonchev–Trinajstić information content (AvgIpc) is 2.68. The van der Waals surface area contributed by atoms with E-state index < -0.39 is 0 Å². The Kier molecular flexibility index (Phi) is 9.86. The van der Waals surface area contributed by atoms with Crippen LogP contribution in [-0.2, 0) is 6.54 Å². The summed E-state index contributed by atoms with van der Waals surface area (Å²) in [4.78, 5) is 5.04. The van der Waals surface area contributed by atoms with Gasteiger partial charge in [0.2, 0.25) is 0 Å². The van der Waals surface area contributed by atoms with Gasteiger partial charge in [-0.1, -0.05) is 52.0 Å². The molecule has 0 atom stereocenters. The zero-order valence-electron chi connectivity index (χ0n) is 17.1. The summed E-state index contributed by atoms with van der Waals surface area (Å²) in [6, 6.07) is 6.40. The van der Waals surface area contributed by atoms with E-state index in [1.807, 2.05) is 0 Å². The fraction of sp³-hybridized carbons (Fsp3) is 0.727. The number of ether oxygens (including phenoxy) is 2. The normalized spacial score (nSPS) is 16.0. The van der Waals surface area contributed by atoms with Crippen LogP contribution in [0.3, 0.4) is 0 Å². The lowest BCUT2D eigenvalue weighted by molar-refractivity contribution is 0.132. The van der Waals surface area contributed by atoms with Crippen molar-refractivity contribution < 1.29 is 9.47 Å². The highest BCUT2D eigenvalue weighted by Crippen LogP contribution is 2.29. The van der Waals surface area contributed by atoms with E-state index in [0.29, 0.717) is 0 Å². The molecule has 1 aliphatic heterocycles. The number of methoxy groups -OCH3 is 1. The third-order valence-corrected chi connectivity index (χ3v) is 5.30. The lowest BCUT2D eigenvalue weighted by atomic mass is 10.1. The van der Waals surface area contributed by atoms with E-state index >= 15 is 0 Å².